The Labute approximate surface area is 106 Å². The monoisotopic (exact) mass is 248 g/mol. The van der Waals surface area contributed by atoms with Gasteiger partial charge in [0, 0.05) is 28.7 Å². The molecule has 1 atom stereocenters. The van der Waals surface area contributed by atoms with E-state index in [0.717, 1.165) is 18.0 Å². The predicted molar refractivity (Wildman–Crippen MR) is 72.7 cm³/mol. The predicted octanol–water partition coefficient (Wildman–Crippen LogP) is 3.21. The van der Waals surface area contributed by atoms with E-state index < -0.39 is 0 Å². The molecule has 1 aliphatic rings. The Hall–Kier alpha value is -0.990. The summed E-state index contributed by atoms with van der Waals surface area (Å²) in [6.07, 6.45) is 3.61. The Balaban J connectivity index is 2.35. The van der Waals surface area contributed by atoms with E-state index in [1.165, 1.54) is 35.0 Å². The van der Waals surface area contributed by atoms with Crippen molar-refractivity contribution < 1.29 is 0 Å². The van der Waals surface area contributed by atoms with E-state index in [4.69, 9.17) is 17.3 Å². The van der Waals surface area contributed by atoms with Crippen molar-refractivity contribution in [1.29, 1.82) is 0 Å². The molecule has 90 valence electrons. The second kappa shape index (κ2) is 4.04. The fourth-order valence-electron chi connectivity index (χ4n) is 3.15. The zero-order valence-electron chi connectivity index (χ0n) is 10.0. The van der Waals surface area contributed by atoms with Crippen LogP contribution in [0, 0.1) is 0 Å². The van der Waals surface area contributed by atoms with Gasteiger partial charge in [0.2, 0.25) is 0 Å². The molecule has 0 aliphatic heterocycles. The van der Waals surface area contributed by atoms with Crippen molar-refractivity contribution in [1.82, 2.24) is 4.57 Å². The van der Waals surface area contributed by atoms with Gasteiger partial charge in [-0.25, -0.2) is 0 Å². The van der Waals surface area contributed by atoms with Gasteiger partial charge < -0.3 is 10.3 Å². The van der Waals surface area contributed by atoms with Gasteiger partial charge in [-0.2, -0.15) is 0 Å². The molecule has 1 unspecified atom stereocenters. The summed E-state index contributed by atoms with van der Waals surface area (Å²) in [6, 6.07) is 6.17. The Morgan fingerprint density at radius 2 is 2.29 bits per heavy atom. The molecule has 0 radical (unpaired) electrons. The van der Waals surface area contributed by atoms with Crippen LogP contribution in [-0.2, 0) is 13.5 Å². The average Bonchev–Trinajstić information content (AvgIpc) is 2.63. The van der Waals surface area contributed by atoms with E-state index in [1.54, 1.807) is 0 Å². The third-order valence-corrected chi connectivity index (χ3v) is 4.22. The molecule has 0 spiro atoms. The van der Waals surface area contributed by atoms with Gasteiger partial charge in [0.1, 0.15) is 0 Å². The third kappa shape index (κ3) is 1.59. The highest BCUT2D eigenvalue weighted by Crippen LogP contribution is 2.38. The number of hydrogen-bond donors (Lipinski definition) is 1. The van der Waals surface area contributed by atoms with E-state index in [-0.39, 0.29) is 0 Å². The van der Waals surface area contributed by atoms with E-state index >= 15 is 0 Å². The number of rotatable bonds is 1. The lowest BCUT2D eigenvalue weighted by molar-refractivity contribution is 0.549. The normalized spacial score (nSPS) is 19.6. The third-order valence-electron chi connectivity index (χ3n) is 3.98. The summed E-state index contributed by atoms with van der Waals surface area (Å²) in [5.74, 6) is 0.501. The van der Waals surface area contributed by atoms with E-state index in [1.807, 2.05) is 6.07 Å². The average molecular weight is 249 g/mol. The van der Waals surface area contributed by atoms with Gasteiger partial charge in [0.05, 0.1) is 0 Å². The molecule has 0 bridgehead atoms. The van der Waals surface area contributed by atoms with Gasteiger partial charge >= 0.3 is 0 Å². The van der Waals surface area contributed by atoms with Crippen molar-refractivity contribution >= 4 is 22.5 Å². The second-order valence-corrected chi connectivity index (χ2v) is 5.34. The quantitative estimate of drug-likeness (QED) is 0.826. The highest BCUT2D eigenvalue weighted by molar-refractivity contribution is 6.31. The molecule has 3 rings (SSSR count). The fourth-order valence-corrected chi connectivity index (χ4v) is 3.32. The zero-order chi connectivity index (χ0) is 12.0. The van der Waals surface area contributed by atoms with Crippen molar-refractivity contribution in [3.05, 3.63) is 34.5 Å². The lowest BCUT2D eigenvalue weighted by Gasteiger charge is -2.22. The molecule has 2 nitrogen and oxygen atoms in total. The highest BCUT2D eigenvalue weighted by Gasteiger charge is 2.25. The Kier molecular flexibility index (Phi) is 2.64. The number of nitrogens with zero attached hydrogens (tertiary/aromatic N) is 1. The van der Waals surface area contributed by atoms with Crippen LogP contribution in [0.2, 0.25) is 5.02 Å². The SMILES string of the molecule is Cn1c2c(c3cc(Cl)ccc31)C(CN)CCC2. The molecule has 1 aliphatic carbocycles. The van der Waals surface area contributed by atoms with Crippen LogP contribution in [0.5, 0.6) is 0 Å². The molecule has 2 N–H and O–H groups in total. The maximum absolute atomic E-state index is 6.12. The summed E-state index contributed by atoms with van der Waals surface area (Å²) in [5.41, 5.74) is 10.1. The molecule has 0 saturated heterocycles. The van der Waals surface area contributed by atoms with E-state index in [2.05, 4.69) is 23.7 Å². The summed E-state index contributed by atoms with van der Waals surface area (Å²) < 4.78 is 2.31. The number of fused-ring (bicyclic) bond motifs is 3. The van der Waals surface area contributed by atoms with E-state index in [0.29, 0.717) is 5.92 Å². The topological polar surface area (TPSA) is 30.9 Å². The van der Waals surface area contributed by atoms with Gasteiger partial charge in [0.25, 0.3) is 0 Å². The van der Waals surface area contributed by atoms with Gasteiger partial charge in [-0.15, -0.1) is 0 Å². The first-order chi connectivity index (χ1) is 8.22. The maximum Gasteiger partial charge on any atom is 0.0483 e. The largest absolute Gasteiger partial charge is 0.347 e. The molecule has 2 aromatic rings. The Morgan fingerprint density at radius 3 is 3.06 bits per heavy atom. The van der Waals surface area contributed by atoms with Crippen LogP contribution in [-0.4, -0.2) is 11.1 Å². The zero-order valence-corrected chi connectivity index (χ0v) is 10.8. The minimum Gasteiger partial charge on any atom is -0.347 e. The lowest BCUT2D eigenvalue weighted by atomic mass is 9.85. The van der Waals surface area contributed by atoms with Gasteiger partial charge in [-0.05, 0) is 55.5 Å². The van der Waals surface area contributed by atoms with Crippen LogP contribution in [0.1, 0.15) is 30.0 Å². The molecule has 1 aromatic heterocycles. The summed E-state index contributed by atoms with van der Waals surface area (Å²) in [6.45, 7) is 0.735. The summed E-state index contributed by atoms with van der Waals surface area (Å²) >= 11 is 6.12. The second-order valence-electron chi connectivity index (χ2n) is 4.91. The molecular weight excluding hydrogens is 232 g/mol. The number of aromatic nitrogens is 1. The number of halogens is 1. The van der Waals surface area contributed by atoms with Crippen LogP contribution in [0.25, 0.3) is 10.9 Å². The van der Waals surface area contributed by atoms with Crippen molar-refractivity contribution in [2.24, 2.45) is 12.8 Å². The molecule has 0 saturated carbocycles. The first-order valence-corrected chi connectivity index (χ1v) is 6.57. The minimum absolute atomic E-state index is 0.501. The summed E-state index contributed by atoms with van der Waals surface area (Å²) in [7, 11) is 2.15. The molecule has 17 heavy (non-hydrogen) atoms. The highest BCUT2D eigenvalue weighted by atomic mass is 35.5. The van der Waals surface area contributed by atoms with E-state index in [9.17, 15) is 0 Å². The molecule has 0 amide bonds. The maximum atomic E-state index is 6.12. The summed E-state index contributed by atoms with van der Waals surface area (Å²) in [5, 5.41) is 2.11. The molecule has 0 fully saturated rings. The first kappa shape index (κ1) is 11.1. The molecule has 1 aromatic carbocycles. The van der Waals surface area contributed by atoms with Crippen molar-refractivity contribution in [2.75, 3.05) is 6.54 Å². The van der Waals surface area contributed by atoms with Crippen LogP contribution in [0.15, 0.2) is 18.2 Å². The Bertz CT molecular complexity index is 571. The standard InChI is InChI=1S/C14H17ClN2/c1-17-12-6-5-10(15)7-11(12)14-9(8-16)3-2-4-13(14)17/h5-7,9H,2-4,8,16H2,1H3. The van der Waals surface area contributed by atoms with Crippen molar-refractivity contribution in [2.45, 2.75) is 25.2 Å². The smallest absolute Gasteiger partial charge is 0.0483 e. The Morgan fingerprint density at radius 1 is 1.47 bits per heavy atom. The number of hydrogen-bond acceptors (Lipinski definition) is 1. The van der Waals surface area contributed by atoms with Crippen molar-refractivity contribution in [3.8, 4) is 0 Å². The number of nitrogens with two attached hydrogens (primary N) is 1. The molecular formula is C14H17ClN2. The molecule has 1 heterocycles. The van der Waals surface area contributed by atoms with Gasteiger partial charge in [0.15, 0.2) is 0 Å². The minimum atomic E-state index is 0.501. The molecule has 3 heteroatoms. The van der Waals surface area contributed by atoms with Crippen LogP contribution >= 0.6 is 11.6 Å². The number of benzene rings is 1. The van der Waals surface area contributed by atoms with Crippen LogP contribution in [0.3, 0.4) is 0 Å². The van der Waals surface area contributed by atoms with Crippen LogP contribution in [0.4, 0.5) is 0 Å². The lowest BCUT2D eigenvalue weighted by Crippen LogP contribution is -2.18. The van der Waals surface area contributed by atoms with Crippen molar-refractivity contribution in [3.63, 3.8) is 0 Å². The fraction of sp³-hybridized carbons (Fsp3) is 0.429. The van der Waals surface area contributed by atoms with Gasteiger partial charge in [-0.3, -0.25) is 0 Å². The summed E-state index contributed by atoms with van der Waals surface area (Å²) in [4.78, 5) is 0. The van der Waals surface area contributed by atoms with Crippen LogP contribution < -0.4 is 5.73 Å². The van der Waals surface area contributed by atoms with Gasteiger partial charge in [-0.1, -0.05) is 11.6 Å². The first-order valence-electron chi connectivity index (χ1n) is 6.19. The number of aryl methyl sites for hydroxylation is 1.